The van der Waals surface area contributed by atoms with E-state index >= 15 is 0 Å². The van der Waals surface area contributed by atoms with Crippen LogP contribution in [0, 0.1) is 6.92 Å². The third kappa shape index (κ3) is 4.66. The lowest BCUT2D eigenvalue weighted by Crippen LogP contribution is -2.52. The second-order valence-corrected chi connectivity index (χ2v) is 12.7. The third-order valence-electron chi connectivity index (χ3n) is 7.14. The third-order valence-corrected chi connectivity index (χ3v) is 9.15. The van der Waals surface area contributed by atoms with E-state index in [1.54, 1.807) is 10.5 Å². The molecule has 8 heteroatoms. The van der Waals surface area contributed by atoms with Crippen molar-refractivity contribution in [3.8, 4) is 5.88 Å². The quantitative estimate of drug-likeness (QED) is 0.666. The first-order valence-electron chi connectivity index (χ1n) is 12.0. The van der Waals surface area contributed by atoms with Crippen molar-refractivity contribution in [2.75, 3.05) is 26.2 Å². The molecular formula is C25H34N4O3S. The van der Waals surface area contributed by atoms with Crippen molar-refractivity contribution < 1.29 is 13.2 Å². The predicted molar refractivity (Wildman–Crippen MR) is 127 cm³/mol. The molecule has 1 aromatic heterocycles. The van der Waals surface area contributed by atoms with E-state index in [0.29, 0.717) is 36.3 Å². The minimum absolute atomic E-state index is 0.00434. The fraction of sp³-hybridized carbons (Fsp3) is 0.600. The molecule has 33 heavy (non-hydrogen) atoms. The summed E-state index contributed by atoms with van der Waals surface area (Å²) in [5.74, 6) is 1.14. The zero-order valence-electron chi connectivity index (χ0n) is 20.0. The highest BCUT2D eigenvalue weighted by Crippen LogP contribution is 2.38. The first-order chi connectivity index (χ1) is 15.6. The summed E-state index contributed by atoms with van der Waals surface area (Å²) in [6.45, 7) is 10.7. The molecule has 1 aliphatic carbocycles. The first kappa shape index (κ1) is 22.7. The number of nitrogens with zero attached hydrogens (tertiary/aromatic N) is 4. The Morgan fingerprint density at radius 3 is 2.52 bits per heavy atom. The van der Waals surface area contributed by atoms with Gasteiger partial charge in [-0.15, -0.1) is 0 Å². The van der Waals surface area contributed by atoms with Crippen LogP contribution in [0.15, 0.2) is 35.5 Å². The molecule has 1 saturated carbocycles. The predicted octanol–water partition coefficient (Wildman–Crippen LogP) is 3.49. The van der Waals surface area contributed by atoms with Gasteiger partial charge in [0.2, 0.25) is 15.9 Å². The molecule has 0 unspecified atom stereocenters. The minimum Gasteiger partial charge on any atom is -0.472 e. The summed E-state index contributed by atoms with van der Waals surface area (Å²) in [5.41, 5.74) is 2.78. The van der Waals surface area contributed by atoms with Crippen molar-refractivity contribution in [3.63, 3.8) is 0 Å². The van der Waals surface area contributed by atoms with E-state index in [9.17, 15) is 8.42 Å². The van der Waals surface area contributed by atoms with E-state index in [0.717, 1.165) is 29.8 Å². The van der Waals surface area contributed by atoms with Crippen LogP contribution in [-0.2, 0) is 15.4 Å². The summed E-state index contributed by atoms with van der Waals surface area (Å²) in [6.07, 6.45) is 6.76. The smallest absolute Gasteiger partial charge is 0.243 e. The van der Waals surface area contributed by atoms with Gasteiger partial charge in [-0.1, -0.05) is 32.9 Å². The molecule has 0 radical (unpaired) electrons. The van der Waals surface area contributed by atoms with Crippen molar-refractivity contribution in [1.29, 1.82) is 0 Å². The lowest BCUT2D eigenvalue weighted by molar-refractivity contribution is 0.151. The Hall–Kier alpha value is -2.03. The maximum atomic E-state index is 13.6. The van der Waals surface area contributed by atoms with E-state index in [2.05, 4.69) is 35.6 Å². The first-order valence-corrected chi connectivity index (χ1v) is 13.4. The van der Waals surface area contributed by atoms with Gasteiger partial charge in [0.05, 0.1) is 23.0 Å². The highest BCUT2D eigenvalue weighted by atomic mass is 32.2. The number of aromatic nitrogens is 2. The summed E-state index contributed by atoms with van der Waals surface area (Å²) in [4.78, 5) is 11.7. The van der Waals surface area contributed by atoms with E-state index in [1.807, 2.05) is 31.3 Å². The molecule has 7 nitrogen and oxygen atoms in total. The lowest BCUT2D eigenvalue weighted by atomic mass is 9.87. The monoisotopic (exact) mass is 470 g/mol. The SMILES string of the molecule is Cc1ccc(C(C)(C)C)cc1S(=O)(=O)N1CCN2C[C@H](Oc3cnc(C4CC4)cn3)C[C@H]2C1. The Labute approximate surface area is 197 Å². The van der Waals surface area contributed by atoms with Gasteiger partial charge in [0.1, 0.15) is 6.10 Å². The standard InChI is InChI=1S/C25H34N4O3S/c1-17-5-8-19(25(2,3)4)11-23(17)33(30,31)29-10-9-28-16-21(12-20(28)15-29)32-24-14-26-22(13-27-24)18-6-7-18/h5,8,11,13-14,18,20-21H,6-7,9-10,12,15-16H2,1-4H3/t20-,21+/m0/s1. The highest BCUT2D eigenvalue weighted by molar-refractivity contribution is 7.89. The van der Waals surface area contributed by atoms with Gasteiger partial charge in [0.25, 0.3) is 0 Å². The molecule has 3 heterocycles. The van der Waals surface area contributed by atoms with Gasteiger partial charge in [-0.2, -0.15) is 4.31 Å². The van der Waals surface area contributed by atoms with Gasteiger partial charge in [-0.25, -0.2) is 13.4 Å². The van der Waals surface area contributed by atoms with Gasteiger partial charge in [0.15, 0.2) is 0 Å². The fourth-order valence-electron chi connectivity index (χ4n) is 4.90. The van der Waals surface area contributed by atoms with Gasteiger partial charge in [-0.05, 0) is 42.4 Å². The van der Waals surface area contributed by atoms with Gasteiger partial charge < -0.3 is 4.74 Å². The molecule has 2 aliphatic heterocycles. The molecule has 3 fully saturated rings. The van der Waals surface area contributed by atoms with E-state index in [1.165, 1.54) is 12.8 Å². The molecule has 0 spiro atoms. The van der Waals surface area contributed by atoms with Gasteiger partial charge >= 0.3 is 0 Å². The summed E-state index contributed by atoms with van der Waals surface area (Å²) in [6, 6.07) is 5.98. The van der Waals surface area contributed by atoms with Crippen molar-refractivity contribution in [2.45, 2.75) is 75.3 Å². The van der Waals surface area contributed by atoms with Crippen LogP contribution >= 0.6 is 0 Å². The number of hydrogen-bond acceptors (Lipinski definition) is 6. The second kappa shape index (κ2) is 8.32. The van der Waals surface area contributed by atoms with Crippen molar-refractivity contribution in [1.82, 2.24) is 19.2 Å². The lowest BCUT2D eigenvalue weighted by Gasteiger charge is -2.36. The molecular weight excluding hydrogens is 436 g/mol. The normalized spacial score (nSPS) is 24.6. The van der Waals surface area contributed by atoms with Gasteiger partial charge in [-0.3, -0.25) is 9.88 Å². The van der Waals surface area contributed by atoms with Crippen molar-refractivity contribution in [3.05, 3.63) is 47.4 Å². The van der Waals surface area contributed by atoms with Crippen LogP contribution in [0.1, 0.15) is 62.8 Å². The number of benzene rings is 1. The number of rotatable bonds is 5. The van der Waals surface area contributed by atoms with Crippen LogP contribution in [0.4, 0.5) is 0 Å². The van der Waals surface area contributed by atoms with Crippen LogP contribution in [-0.4, -0.2) is 65.9 Å². The van der Waals surface area contributed by atoms with Crippen LogP contribution in [0.2, 0.25) is 0 Å². The molecule has 0 amide bonds. The molecule has 5 rings (SSSR count). The van der Waals surface area contributed by atoms with Crippen LogP contribution in [0.5, 0.6) is 5.88 Å². The Kier molecular flexibility index (Phi) is 5.74. The summed E-state index contributed by atoms with van der Waals surface area (Å²) in [5, 5.41) is 0. The zero-order chi connectivity index (χ0) is 23.4. The van der Waals surface area contributed by atoms with E-state index < -0.39 is 10.0 Å². The fourth-order valence-corrected chi connectivity index (χ4v) is 6.62. The second-order valence-electron chi connectivity index (χ2n) is 10.8. The molecule has 1 aromatic carbocycles. The Morgan fingerprint density at radius 2 is 1.85 bits per heavy atom. The maximum Gasteiger partial charge on any atom is 0.243 e. The van der Waals surface area contributed by atoms with Crippen molar-refractivity contribution >= 4 is 10.0 Å². The Balaban J connectivity index is 1.27. The number of piperazine rings is 1. The average molecular weight is 471 g/mol. The Bertz CT molecular complexity index is 1120. The number of fused-ring (bicyclic) bond motifs is 1. The largest absolute Gasteiger partial charge is 0.472 e. The molecule has 178 valence electrons. The van der Waals surface area contributed by atoms with Crippen LogP contribution < -0.4 is 4.74 Å². The average Bonchev–Trinajstić information content (AvgIpc) is 3.53. The molecule has 2 saturated heterocycles. The van der Waals surface area contributed by atoms with Crippen LogP contribution in [0.25, 0.3) is 0 Å². The molecule has 2 atom stereocenters. The summed E-state index contributed by atoms with van der Waals surface area (Å²) < 4.78 is 35.0. The van der Waals surface area contributed by atoms with E-state index in [4.69, 9.17) is 4.74 Å². The molecule has 3 aliphatic rings. The number of sulfonamides is 1. The summed E-state index contributed by atoms with van der Waals surface area (Å²) in [7, 11) is -3.55. The number of aryl methyl sites for hydroxylation is 1. The van der Waals surface area contributed by atoms with E-state index in [-0.39, 0.29) is 17.6 Å². The van der Waals surface area contributed by atoms with Gasteiger partial charge in [0, 0.05) is 44.6 Å². The Morgan fingerprint density at radius 1 is 1.06 bits per heavy atom. The maximum absolute atomic E-state index is 13.6. The minimum atomic E-state index is -3.55. The summed E-state index contributed by atoms with van der Waals surface area (Å²) >= 11 is 0. The molecule has 0 bridgehead atoms. The molecule has 2 aromatic rings. The topological polar surface area (TPSA) is 75.6 Å². The highest BCUT2D eigenvalue weighted by Gasteiger charge is 2.41. The van der Waals surface area contributed by atoms with Crippen LogP contribution in [0.3, 0.4) is 0 Å². The number of hydrogen-bond donors (Lipinski definition) is 0. The molecule has 0 N–H and O–H groups in total. The van der Waals surface area contributed by atoms with Crippen molar-refractivity contribution in [2.24, 2.45) is 0 Å². The number of ether oxygens (including phenoxy) is 1. The zero-order valence-corrected chi connectivity index (χ0v) is 20.8.